The number of hydrogen-bond donors (Lipinski definition) is 2. The standard InChI is InChI=1S/C21H23FN4O3/c1-3-26(4-2)11-12-29-16-8-5-14(6-9-16)20(27)23-19-18-13-15(22)7-10-17(18)21(28)25-24-19/h5-10,13H,3-4,11-12H2,1-2H3,(H,25,28)(H,23,24,27). The highest BCUT2D eigenvalue weighted by atomic mass is 19.1. The van der Waals surface area contributed by atoms with E-state index in [9.17, 15) is 14.0 Å². The number of nitrogens with zero attached hydrogens (tertiary/aromatic N) is 2. The Bertz CT molecular complexity index is 1050. The summed E-state index contributed by atoms with van der Waals surface area (Å²) in [5.74, 6) is -0.191. The predicted molar refractivity (Wildman–Crippen MR) is 110 cm³/mol. The SMILES string of the molecule is CCN(CC)CCOc1ccc(C(=O)Nc2n[nH]c(=O)c3ccc(F)cc23)cc1. The van der Waals surface area contributed by atoms with E-state index in [1.54, 1.807) is 24.3 Å². The Labute approximate surface area is 167 Å². The molecule has 29 heavy (non-hydrogen) atoms. The average molecular weight is 398 g/mol. The van der Waals surface area contributed by atoms with Crippen molar-refractivity contribution in [3.05, 3.63) is 64.2 Å². The third-order valence-electron chi connectivity index (χ3n) is 4.67. The molecule has 1 amide bonds. The van der Waals surface area contributed by atoms with Gasteiger partial charge in [0.05, 0.1) is 5.39 Å². The second-order valence-corrected chi connectivity index (χ2v) is 6.45. The number of aromatic nitrogens is 2. The molecule has 0 saturated heterocycles. The molecule has 7 nitrogen and oxygen atoms in total. The number of amides is 1. The zero-order valence-corrected chi connectivity index (χ0v) is 16.4. The molecule has 0 aliphatic carbocycles. The van der Waals surface area contributed by atoms with Crippen molar-refractivity contribution in [1.82, 2.24) is 15.1 Å². The molecule has 0 aliphatic rings. The Morgan fingerprint density at radius 3 is 2.55 bits per heavy atom. The van der Waals surface area contributed by atoms with Crippen molar-refractivity contribution in [2.75, 3.05) is 31.6 Å². The zero-order valence-electron chi connectivity index (χ0n) is 16.4. The lowest BCUT2D eigenvalue weighted by Gasteiger charge is -2.18. The maximum Gasteiger partial charge on any atom is 0.272 e. The van der Waals surface area contributed by atoms with Crippen LogP contribution in [-0.4, -0.2) is 47.2 Å². The van der Waals surface area contributed by atoms with Gasteiger partial charge in [0.2, 0.25) is 0 Å². The van der Waals surface area contributed by atoms with Crippen molar-refractivity contribution in [2.24, 2.45) is 0 Å². The normalized spacial score (nSPS) is 11.0. The van der Waals surface area contributed by atoms with Gasteiger partial charge < -0.3 is 15.0 Å². The Morgan fingerprint density at radius 1 is 1.14 bits per heavy atom. The summed E-state index contributed by atoms with van der Waals surface area (Å²) < 4.78 is 19.3. The van der Waals surface area contributed by atoms with Crippen LogP contribution in [0.4, 0.5) is 10.2 Å². The first-order valence-corrected chi connectivity index (χ1v) is 9.46. The van der Waals surface area contributed by atoms with Crippen LogP contribution in [0.2, 0.25) is 0 Å². The third kappa shape index (κ3) is 4.97. The summed E-state index contributed by atoms with van der Waals surface area (Å²) in [6.45, 7) is 7.53. The quantitative estimate of drug-likeness (QED) is 0.609. The topological polar surface area (TPSA) is 87.3 Å². The summed E-state index contributed by atoms with van der Waals surface area (Å²) >= 11 is 0. The van der Waals surface area contributed by atoms with Gasteiger partial charge in [0, 0.05) is 17.5 Å². The fourth-order valence-electron chi connectivity index (χ4n) is 2.95. The van der Waals surface area contributed by atoms with Crippen LogP contribution in [0.3, 0.4) is 0 Å². The lowest BCUT2D eigenvalue weighted by atomic mass is 10.1. The highest BCUT2D eigenvalue weighted by Crippen LogP contribution is 2.20. The van der Waals surface area contributed by atoms with Gasteiger partial charge in [-0.15, -0.1) is 0 Å². The van der Waals surface area contributed by atoms with E-state index in [1.165, 1.54) is 18.2 Å². The summed E-state index contributed by atoms with van der Waals surface area (Å²) in [6, 6.07) is 10.4. The molecule has 2 N–H and O–H groups in total. The van der Waals surface area contributed by atoms with Crippen LogP contribution in [0, 0.1) is 5.82 Å². The number of carbonyl (C=O) groups excluding carboxylic acids is 1. The van der Waals surface area contributed by atoms with Gasteiger partial charge in [0.15, 0.2) is 5.82 Å². The molecule has 0 bridgehead atoms. The van der Waals surface area contributed by atoms with Crippen LogP contribution in [0.1, 0.15) is 24.2 Å². The van der Waals surface area contributed by atoms with Gasteiger partial charge in [-0.25, -0.2) is 9.49 Å². The van der Waals surface area contributed by atoms with Crippen molar-refractivity contribution < 1.29 is 13.9 Å². The lowest BCUT2D eigenvalue weighted by molar-refractivity contribution is 0.102. The lowest BCUT2D eigenvalue weighted by Crippen LogP contribution is -2.27. The van der Waals surface area contributed by atoms with E-state index >= 15 is 0 Å². The van der Waals surface area contributed by atoms with Crippen LogP contribution in [0.15, 0.2) is 47.3 Å². The Hall–Kier alpha value is -3.26. The molecule has 1 aromatic heterocycles. The molecule has 0 unspecified atom stereocenters. The number of hydrogen-bond acceptors (Lipinski definition) is 5. The number of fused-ring (bicyclic) bond motifs is 1. The van der Waals surface area contributed by atoms with Crippen molar-refractivity contribution in [2.45, 2.75) is 13.8 Å². The van der Waals surface area contributed by atoms with E-state index in [1.807, 2.05) is 0 Å². The molecule has 8 heteroatoms. The number of rotatable bonds is 8. The van der Waals surface area contributed by atoms with Crippen LogP contribution in [0.25, 0.3) is 10.8 Å². The average Bonchev–Trinajstić information content (AvgIpc) is 2.73. The minimum atomic E-state index is -0.522. The van der Waals surface area contributed by atoms with Crippen LogP contribution >= 0.6 is 0 Å². The molecule has 0 radical (unpaired) electrons. The number of carbonyl (C=O) groups is 1. The first-order valence-electron chi connectivity index (χ1n) is 9.46. The van der Waals surface area contributed by atoms with Gasteiger partial charge in [-0.3, -0.25) is 9.59 Å². The summed E-state index contributed by atoms with van der Waals surface area (Å²) in [4.78, 5) is 26.6. The van der Waals surface area contributed by atoms with Crippen molar-refractivity contribution in [3.63, 3.8) is 0 Å². The number of anilines is 1. The highest BCUT2D eigenvalue weighted by Gasteiger charge is 2.12. The first kappa shape index (κ1) is 20.5. The number of likely N-dealkylation sites (N-methyl/N-ethyl adjacent to an activating group) is 1. The molecule has 2 aromatic carbocycles. The van der Waals surface area contributed by atoms with Crippen LogP contribution < -0.4 is 15.6 Å². The molecule has 0 atom stereocenters. The second-order valence-electron chi connectivity index (χ2n) is 6.45. The van der Waals surface area contributed by atoms with E-state index in [0.717, 1.165) is 19.6 Å². The van der Waals surface area contributed by atoms with Crippen LogP contribution in [-0.2, 0) is 0 Å². The number of halogens is 1. The molecule has 3 rings (SSSR count). The molecule has 0 spiro atoms. The van der Waals surface area contributed by atoms with Gasteiger partial charge in [0.25, 0.3) is 11.5 Å². The maximum absolute atomic E-state index is 13.6. The maximum atomic E-state index is 13.6. The number of H-pyrrole nitrogens is 1. The number of nitrogens with one attached hydrogen (secondary N) is 2. The molecule has 3 aromatic rings. The monoisotopic (exact) mass is 398 g/mol. The zero-order chi connectivity index (χ0) is 20.8. The Balaban J connectivity index is 1.69. The van der Waals surface area contributed by atoms with Gasteiger partial charge in [-0.05, 0) is 55.6 Å². The Kier molecular flexibility index (Phi) is 6.56. The fraction of sp³-hybridized carbons (Fsp3) is 0.286. The molecule has 152 valence electrons. The molecule has 0 saturated carbocycles. The number of benzene rings is 2. The summed E-state index contributed by atoms with van der Waals surface area (Å²) in [5.41, 5.74) is -0.0668. The minimum absolute atomic E-state index is 0.0867. The largest absolute Gasteiger partial charge is 0.492 e. The van der Waals surface area contributed by atoms with E-state index in [2.05, 4.69) is 34.3 Å². The summed E-state index contributed by atoms with van der Waals surface area (Å²) in [7, 11) is 0. The predicted octanol–water partition coefficient (Wildman–Crippen LogP) is 3.04. The smallest absolute Gasteiger partial charge is 0.272 e. The summed E-state index contributed by atoms with van der Waals surface area (Å²) in [6.07, 6.45) is 0. The molecular weight excluding hydrogens is 375 g/mol. The highest BCUT2D eigenvalue weighted by molar-refractivity contribution is 6.07. The van der Waals surface area contributed by atoms with Crippen molar-refractivity contribution in [1.29, 1.82) is 0 Å². The third-order valence-corrected chi connectivity index (χ3v) is 4.67. The van der Waals surface area contributed by atoms with Gasteiger partial charge >= 0.3 is 0 Å². The molecule has 0 fully saturated rings. The number of aromatic amines is 1. The van der Waals surface area contributed by atoms with E-state index < -0.39 is 17.3 Å². The van der Waals surface area contributed by atoms with Gasteiger partial charge in [-0.2, -0.15) is 5.10 Å². The Morgan fingerprint density at radius 2 is 1.86 bits per heavy atom. The molecular formula is C21H23FN4O3. The van der Waals surface area contributed by atoms with Crippen LogP contribution in [0.5, 0.6) is 5.75 Å². The van der Waals surface area contributed by atoms with Crippen molar-refractivity contribution in [3.8, 4) is 5.75 Å². The summed E-state index contributed by atoms with van der Waals surface area (Å²) in [5, 5.41) is 9.23. The number of ether oxygens (including phenoxy) is 1. The van der Waals surface area contributed by atoms with E-state index in [-0.39, 0.29) is 16.6 Å². The first-order chi connectivity index (χ1) is 14.0. The van der Waals surface area contributed by atoms with Gasteiger partial charge in [0.1, 0.15) is 18.2 Å². The van der Waals surface area contributed by atoms with Gasteiger partial charge in [-0.1, -0.05) is 13.8 Å². The fourth-order valence-corrected chi connectivity index (χ4v) is 2.95. The molecule has 0 aliphatic heterocycles. The minimum Gasteiger partial charge on any atom is -0.492 e. The van der Waals surface area contributed by atoms with Crippen molar-refractivity contribution >= 4 is 22.5 Å². The molecule has 1 heterocycles. The second kappa shape index (κ2) is 9.29. The van der Waals surface area contributed by atoms with E-state index in [0.29, 0.717) is 17.9 Å². The van der Waals surface area contributed by atoms with E-state index in [4.69, 9.17) is 4.74 Å².